The van der Waals surface area contributed by atoms with E-state index in [2.05, 4.69) is 14.9 Å². The summed E-state index contributed by atoms with van der Waals surface area (Å²) < 4.78 is 32.5. The fourth-order valence-electron chi connectivity index (χ4n) is 3.63. The SMILES string of the molecule is COc1ccc(S(=O)(=O)N2CCN(C(C)c3nc(Cl)c4ccccc4n3)CC2)cc1. The standard InChI is InChI=1S/C21H23ClN4O3S/c1-15(21-23-19-6-4-3-5-18(19)20(22)24-21)25-11-13-26(14-12-25)30(27,28)17-9-7-16(29-2)8-10-17/h3-10,15H,11-14H2,1-2H3. The van der Waals surface area contributed by atoms with Crippen LogP contribution < -0.4 is 4.74 Å². The number of hydrogen-bond acceptors (Lipinski definition) is 6. The Hall–Kier alpha value is -2.26. The van der Waals surface area contributed by atoms with Gasteiger partial charge in [-0.05, 0) is 43.3 Å². The molecule has 0 radical (unpaired) electrons. The number of aromatic nitrogens is 2. The Morgan fingerprint density at radius 1 is 1.00 bits per heavy atom. The predicted octanol–water partition coefficient (Wildman–Crippen LogP) is 3.36. The quantitative estimate of drug-likeness (QED) is 0.559. The molecule has 7 nitrogen and oxygen atoms in total. The minimum atomic E-state index is -3.54. The zero-order valence-electron chi connectivity index (χ0n) is 16.8. The monoisotopic (exact) mass is 446 g/mol. The second-order valence-corrected chi connectivity index (χ2v) is 9.48. The van der Waals surface area contributed by atoms with Gasteiger partial charge in [0.05, 0.1) is 23.6 Å². The molecule has 1 aromatic heterocycles. The van der Waals surface area contributed by atoms with Crippen molar-refractivity contribution >= 4 is 32.5 Å². The normalized spacial score (nSPS) is 17.2. The minimum Gasteiger partial charge on any atom is -0.497 e. The number of fused-ring (bicyclic) bond motifs is 1. The highest BCUT2D eigenvalue weighted by Crippen LogP contribution is 2.27. The lowest BCUT2D eigenvalue weighted by molar-refractivity contribution is 0.141. The summed E-state index contributed by atoms with van der Waals surface area (Å²) in [7, 11) is -1.99. The van der Waals surface area contributed by atoms with Crippen molar-refractivity contribution in [2.75, 3.05) is 33.3 Å². The number of para-hydroxylation sites is 1. The zero-order valence-corrected chi connectivity index (χ0v) is 18.4. The van der Waals surface area contributed by atoms with E-state index in [4.69, 9.17) is 16.3 Å². The summed E-state index contributed by atoms with van der Waals surface area (Å²) in [6.07, 6.45) is 0. The van der Waals surface area contributed by atoms with E-state index in [0.29, 0.717) is 42.9 Å². The van der Waals surface area contributed by atoms with Gasteiger partial charge in [0.2, 0.25) is 10.0 Å². The largest absolute Gasteiger partial charge is 0.497 e. The molecule has 158 valence electrons. The van der Waals surface area contributed by atoms with Gasteiger partial charge in [-0.3, -0.25) is 4.90 Å². The van der Waals surface area contributed by atoms with Crippen LogP contribution in [0.5, 0.6) is 5.75 Å². The average Bonchev–Trinajstić information content (AvgIpc) is 2.78. The number of benzene rings is 2. The van der Waals surface area contributed by atoms with E-state index >= 15 is 0 Å². The molecule has 1 unspecified atom stereocenters. The van der Waals surface area contributed by atoms with E-state index < -0.39 is 10.0 Å². The van der Waals surface area contributed by atoms with Crippen LogP contribution in [0.3, 0.4) is 0 Å². The molecule has 2 heterocycles. The van der Waals surface area contributed by atoms with E-state index in [1.165, 1.54) is 4.31 Å². The van der Waals surface area contributed by atoms with Crippen LogP contribution in [0.2, 0.25) is 5.15 Å². The number of nitrogens with zero attached hydrogens (tertiary/aromatic N) is 4. The predicted molar refractivity (Wildman–Crippen MR) is 116 cm³/mol. The molecule has 0 bridgehead atoms. The van der Waals surface area contributed by atoms with Crippen molar-refractivity contribution in [1.82, 2.24) is 19.2 Å². The molecule has 0 spiro atoms. The first-order chi connectivity index (χ1) is 14.4. The van der Waals surface area contributed by atoms with Crippen LogP contribution in [-0.4, -0.2) is 60.9 Å². The summed E-state index contributed by atoms with van der Waals surface area (Å²) in [4.78, 5) is 11.6. The van der Waals surface area contributed by atoms with Gasteiger partial charge in [-0.25, -0.2) is 18.4 Å². The molecule has 1 saturated heterocycles. The van der Waals surface area contributed by atoms with Crippen LogP contribution in [-0.2, 0) is 10.0 Å². The number of hydrogen-bond donors (Lipinski definition) is 0. The third-order valence-electron chi connectivity index (χ3n) is 5.47. The molecule has 0 amide bonds. The van der Waals surface area contributed by atoms with Crippen LogP contribution in [0.15, 0.2) is 53.4 Å². The van der Waals surface area contributed by atoms with Gasteiger partial charge in [0.1, 0.15) is 16.7 Å². The van der Waals surface area contributed by atoms with Gasteiger partial charge >= 0.3 is 0 Å². The van der Waals surface area contributed by atoms with Crippen molar-refractivity contribution in [1.29, 1.82) is 0 Å². The van der Waals surface area contributed by atoms with E-state index in [0.717, 1.165) is 10.9 Å². The maximum Gasteiger partial charge on any atom is 0.243 e. The van der Waals surface area contributed by atoms with Gasteiger partial charge in [0.15, 0.2) is 0 Å². The highest BCUT2D eigenvalue weighted by atomic mass is 35.5. The summed E-state index contributed by atoms with van der Waals surface area (Å²) in [6.45, 7) is 4.00. The maximum atomic E-state index is 12.9. The van der Waals surface area contributed by atoms with Gasteiger partial charge in [0.25, 0.3) is 0 Å². The Bertz CT molecular complexity index is 1150. The van der Waals surface area contributed by atoms with Gasteiger partial charge < -0.3 is 4.74 Å². The minimum absolute atomic E-state index is 0.0713. The first-order valence-electron chi connectivity index (χ1n) is 9.70. The highest BCUT2D eigenvalue weighted by Gasteiger charge is 2.31. The molecule has 1 atom stereocenters. The van der Waals surface area contributed by atoms with E-state index in [1.807, 2.05) is 31.2 Å². The lowest BCUT2D eigenvalue weighted by Crippen LogP contribution is -2.49. The third-order valence-corrected chi connectivity index (χ3v) is 7.67. The third kappa shape index (κ3) is 4.00. The second kappa shape index (κ2) is 8.47. The van der Waals surface area contributed by atoms with Crippen molar-refractivity contribution in [3.63, 3.8) is 0 Å². The molecular formula is C21H23ClN4O3S. The number of piperazine rings is 1. The number of halogens is 1. The van der Waals surface area contributed by atoms with E-state index in [1.54, 1.807) is 31.4 Å². The summed E-state index contributed by atoms with van der Waals surface area (Å²) >= 11 is 6.35. The van der Waals surface area contributed by atoms with Crippen LogP contribution in [0.4, 0.5) is 0 Å². The molecule has 4 rings (SSSR count). The van der Waals surface area contributed by atoms with Crippen molar-refractivity contribution in [3.05, 3.63) is 59.5 Å². The van der Waals surface area contributed by atoms with Gasteiger partial charge in [-0.15, -0.1) is 0 Å². The molecule has 0 N–H and O–H groups in total. The molecule has 0 aliphatic carbocycles. The number of methoxy groups -OCH3 is 1. The highest BCUT2D eigenvalue weighted by molar-refractivity contribution is 7.89. The second-order valence-electron chi connectivity index (χ2n) is 7.18. The van der Waals surface area contributed by atoms with Crippen LogP contribution >= 0.6 is 11.6 Å². The van der Waals surface area contributed by atoms with Crippen molar-refractivity contribution in [2.45, 2.75) is 17.9 Å². The van der Waals surface area contributed by atoms with Crippen LogP contribution in [0.1, 0.15) is 18.8 Å². The molecule has 3 aromatic rings. The smallest absolute Gasteiger partial charge is 0.243 e. The van der Waals surface area contributed by atoms with Crippen LogP contribution in [0, 0.1) is 0 Å². The zero-order chi connectivity index (χ0) is 21.3. The van der Waals surface area contributed by atoms with Crippen LogP contribution in [0.25, 0.3) is 10.9 Å². The molecule has 1 fully saturated rings. The Morgan fingerprint density at radius 2 is 1.67 bits per heavy atom. The van der Waals surface area contributed by atoms with Gasteiger partial charge in [-0.1, -0.05) is 23.7 Å². The van der Waals surface area contributed by atoms with Gasteiger partial charge in [-0.2, -0.15) is 4.31 Å². The number of rotatable bonds is 5. The maximum absolute atomic E-state index is 12.9. The molecule has 30 heavy (non-hydrogen) atoms. The lowest BCUT2D eigenvalue weighted by atomic mass is 10.2. The first kappa shape index (κ1) is 21.0. The Balaban J connectivity index is 1.47. The topological polar surface area (TPSA) is 75.6 Å². The summed E-state index contributed by atoms with van der Waals surface area (Å²) in [5, 5.41) is 1.26. The Morgan fingerprint density at radius 3 is 2.33 bits per heavy atom. The molecule has 1 aliphatic rings. The summed E-state index contributed by atoms with van der Waals surface area (Å²) in [5.74, 6) is 1.27. The number of sulfonamides is 1. The summed E-state index contributed by atoms with van der Waals surface area (Å²) in [6, 6.07) is 14.0. The molecule has 2 aromatic carbocycles. The fourth-order valence-corrected chi connectivity index (χ4v) is 5.30. The van der Waals surface area contributed by atoms with Crippen molar-refractivity contribution in [3.8, 4) is 5.75 Å². The van der Waals surface area contributed by atoms with E-state index in [-0.39, 0.29) is 10.9 Å². The molecule has 9 heteroatoms. The summed E-state index contributed by atoms with van der Waals surface area (Å²) in [5.41, 5.74) is 0.806. The Kier molecular flexibility index (Phi) is 5.92. The Labute approximate surface area is 181 Å². The first-order valence-corrected chi connectivity index (χ1v) is 11.5. The van der Waals surface area contributed by atoms with E-state index in [9.17, 15) is 8.42 Å². The fraction of sp³-hybridized carbons (Fsp3) is 0.333. The lowest BCUT2D eigenvalue weighted by Gasteiger charge is -2.36. The molecular weight excluding hydrogens is 424 g/mol. The van der Waals surface area contributed by atoms with Crippen molar-refractivity contribution in [2.24, 2.45) is 0 Å². The van der Waals surface area contributed by atoms with Crippen molar-refractivity contribution < 1.29 is 13.2 Å². The van der Waals surface area contributed by atoms with Gasteiger partial charge in [0, 0.05) is 31.6 Å². The average molecular weight is 447 g/mol. The molecule has 0 saturated carbocycles. The molecule has 1 aliphatic heterocycles. The number of ether oxygens (including phenoxy) is 1.